The third-order valence-electron chi connectivity index (χ3n) is 2.26. The molecule has 0 atom stereocenters. The minimum absolute atomic E-state index is 0.784. The molecule has 2 aromatic heterocycles. The maximum atomic E-state index is 4.29. The highest BCUT2D eigenvalue weighted by atomic mass is 15.2. The standard InChI is InChI=1S/C11H8N4/c1-2-5-10-9(4-1)12-8-15(10)11-6-3-7-13-14-11/h1-8H. The van der Waals surface area contributed by atoms with Crippen LogP contribution in [0.15, 0.2) is 48.9 Å². The lowest BCUT2D eigenvalue weighted by molar-refractivity contribution is 0.928. The van der Waals surface area contributed by atoms with Crippen molar-refractivity contribution in [2.45, 2.75) is 0 Å². The first-order valence-corrected chi connectivity index (χ1v) is 4.65. The van der Waals surface area contributed by atoms with E-state index in [1.807, 2.05) is 41.0 Å². The molecule has 4 heteroatoms. The van der Waals surface area contributed by atoms with E-state index in [1.165, 1.54) is 0 Å². The van der Waals surface area contributed by atoms with Gasteiger partial charge in [0.2, 0.25) is 0 Å². The summed E-state index contributed by atoms with van der Waals surface area (Å²) >= 11 is 0. The highest BCUT2D eigenvalue weighted by Crippen LogP contribution is 2.15. The van der Waals surface area contributed by atoms with Crippen LogP contribution in [0, 0.1) is 0 Å². The van der Waals surface area contributed by atoms with Crippen LogP contribution in [0.4, 0.5) is 0 Å². The maximum absolute atomic E-state index is 4.29. The van der Waals surface area contributed by atoms with E-state index >= 15 is 0 Å². The Morgan fingerprint density at radius 2 is 1.93 bits per heavy atom. The largest absolute Gasteiger partial charge is 0.281 e. The molecule has 0 saturated heterocycles. The quantitative estimate of drug-likeness (QED) is 0.596. The van der Waals surface area contributed by atoms with Gasteiger partial charge in [-0.3, -0.25) is 4.57 Å². The van der Waals surface area contributed by atoms with Crippen molar-refractivity contribution < 1.29 is 0 Å². The number of para-hydroxylation sites is 2. The van der Waals surface area contributed by atoms with Gasteiger partial charge in [-0.2, -0.15) is 5.10 Å². The van der Waals surface area contributed by atoms with Gasteiger partial charge in [-0.25, -0.2) is 4.98 Å². The average Bonchev–Trinajstić information content (AvgIpc) is 2.74. The normalized spacial score (nSPS) is 10.7. The van der Waals surface area contributed by atoms with Crippen molar-refractivity contribution in [3.8, 4) is 5.82 Å². The molecule has 72 valence electrons. The first kappa shape index (κ1) is 8.11. The topological polar surface area (TPSA) is 43.6 Å². The van der Waals surface area contributed by atoms with Crippen LogP contribution in [0.3, 0.4) is 0 Å². The molecule has 2 heterocycles. The second kappa shape index (κ2) is 3.16. The highest BCUT2D eigenvalue weighted by Gasteiger charge is 2.03. The van der Waals surface area contributed by atoms with E-state index in [-0.39, 0.29) is 0 Å². The van der Waals surface area contributed by atoms with Crippen molar-refractivity contribution in [3.63, 3.8) is 0 Å². The number of imidazole rings is 1. The van der Waals surface area contributed by atoms with Crippen molar-refractivity contribution >= 4 is 11.0 Å². The van der Waals surface area contributed by atoms with Gasteiger partial charge in [0.1, 0.15) is 6.33 Å². The fraction of sp³-hybridized carbons (Fsp3) is 0. The van der Waals surface area contributed by atoms with E-state index in [4.69, 9.17) is 0 Å². The minimum atomic E-state index is 0.784. The fourth-order valence-corrected chi connectivity index (χ4v) is 1.56. The lowest BCUT2D eigenvalue weighted by Gasteiger charge is -2.00. The summed E-state index contributed by atoms with van der Waals surface area (Å²) < 4.78 is 1.92. The molecule has 3 aromatic rings. The summed E-state index contributed by atoms with van der Waals surface area (Å²) in [6.45, 7) is 0. The molecule has 15 heavy (non-hydrogen) atoms. The number of rotatable bonds is 1. The minimum Gasteiger partial charge on any atom is -0.281 e. The van der Waals surface area contributed by atoms with Gasteiger partial charge in [0.15, 0.2) is 5.82 Å². The van der Waals surface area contributed by atoms with Gasteiger partial charge in [-0.15, -0.1) is 5.10 Å². The molecule has 0 saturated carbocycles. The molecule has 0 radical (unpaired) electrons. The first-order valence-electron chi connectivity index (χ1n) is 4.65. The van der Waals surface area contributed by atoms with Gasteiger partial charge >= 0.3 is 0 Å². The Labute approximate surface area is 86.2 Å². The molecule has 1 aromatic carbocycles. The average molecular weight is 196 g/mol. The van der Waals surface area contributed by atoms with Crippen molar-refractivity contribution in [1.29, 1.82) is 0 Å². The van der Waals surface area contributed by atoms with Crippen molar-refractivity contribution in [1.82, 2.24) is 19.7 Å². The number of hydrogen-bond donors (Lipinski definition) is 0. The number of aromatic nitrogens is 4. The monoisotopic (exact) mass is 196 g/mol. The maximum Gasteiger partial charge on any atom is 0.161 e. The Bertz CT molecular complexity index is 586. The molecule has 0 aliphatic carbocycles. The predicted octanol–water partition coefficient (Wildman–Crippen LogP) is 1.82. The molecule has 0 aliphatic rings. The Kier molecular flexibility index (Phi) is 1.71. The zero-order valence-corrected chi connectivity index (χ0v) is 7.91. The summed E-state index contributed by atoms with van der Waals surface area (Å²) in [5.41, 5.74) is 2.00. The van der Waals surface area contributed by atoms with Crippen LogP contribution < -0.4 is 0 Å². The van der Waals surface area contributed by atoms with Crippen LogP contribution in [0.25, 0.3) is 16.9 Å². The lowest BCUT2D eigenvalue weighted by atomic mass is 10.3. The Balaban J connectivity index is 2.28. The summed E-state index contributed by atoms with van der Waals surface area (Å²) in [4.78, 5) is 4.29. The lowest BCUT2D eigenvalue weighted by Crippen LogP contribution is -1.96. The molecule has 0 fully saturated rings. The van der Waals surface area contributed by atoms with Crippen LogP contribution in [0.5, 0.6) is 0 Å². The highest BCUT2D eigenvalue weighted by molar-refractivity contribution is 5.76. The van der Waals surface area contributed by atoms with Gasteiger partial charge in [0.25, 0.3) is 0 Å². The van der Waals surface area contributed by atoms with Crippen LogP contribution in [0.2, 0.25) is 0 Å². The van der Waals surface area contributed by atoms with E-state index in [0.29, 0.717) is 0 Å². The van der Waals surface area contributed by atoms with Gasteiger partial charge in [-0.05, 0) is 24.3 Å². The molecule has 0 bridgehead atoms. The summed E-state index contributed by atoms with van der Waals surface area (Å²) in [7, 11) is 0. The number of nitrogens with zero attached hydrogens (tertiary/aromatic N) is 4. The number of hydrogen-bond acceptors (Lipinski definition) is 3. The molecular weight excluding hydrogens is 188 g/mol. The van der Waals surface area contributed by atoms with E-state index < -0.39 is 0 Å². The second-order valence-electron chi connectivity index (χ2n) is 3.19. The molecule has 0 spiro atoms. The molecule has 0 amide bonds. The Hall–Kier alpha value is -2.23. The van der Waals surface area contributed by atoms with Gasteiger partial charge in [-0.1, -0.05) is 12.1 Å². The zero-order valence-electron chi connectivity index (χ0n) is 7.91. The molecule has 0 N–H and O–H groups in total. The van der Waals surface area contributed by atoms with E-state index in [0.717, 1.165) is 16.9 Å². The molecule has 4 nitrogen and oxygen atoms in total. The molecule has 0 aliphatic heterocycles. The Morgan fingerprint density at radius 1 is 1.00 bits per heavy atom. The predicted molar refractivity (Wildman–Crippen MR) is 56.7 cm³/mol. The third-order valence-corrected chi connectivity index (χ3v) is 2.26. The molecule has 3 rings (SSSR count). The Morgan fingerprint density at radius 3 is 2.80 bits per heavy atom. The smallest absolute Gasteiger partial charge is 0.161 e. The van der Waals surface area contributed by atoms with Gasteiger partial charge in [0, 0.05) is 6.20 Å². The van der Waals surface area contributed by atoms with Crippen LogP contribution >= 0.6 is 0 Å². The van der Waals surface area contributed by atoms with Crippen molar-refractivity contribution in [2.75, 3.05) is 0 Å². The van der Waals surface area contributed by atoms with Gasteiger partial charge in [0.05, 0.1) is 11.0 Å². The van der Waals surface area contributed by atoms with E-state index in [2.05, 4.69) is 15.2 Å². The summed E-state index contributed by atoms with van der Waals surface area (Å²) in [6.07, 6.45) is 3.41. The molecule has 0 unspecified atom stereocenters. The fourth-order valence-electron chi connectivity index (χ4n) is 1.56. The zero-order chi connectivity index (χ0) is 10.1. The second-order valence-corrected chi connectivity index (χ2v) is 3.19. The number of benzene rings is 1. The van der Waals surface area contributed by atoms with Crippen LogP contribution in [-0.2, 0) is 0 Å². The van der Waals surface area contributed by atoms with E-state index in [9.17, 15) is 0 Å². The van der Waals surface area contributed by atoms with Crippen molar-refractivity contribution in [3.05, 3.63) is 48.9 Å². The summed E-state index contributed by atoms with van der Waals surface area (Å²) in [5.74, 6) is 0.784. The summed E-state index contributed by atoms with van der Waals surface area (Å²) in [6, 6.07) is 11.7. The third kappa shape index (κ3) is 1.27. The summed E-state index contributed by atoms with van der Waals surface area (Å²) in [5, 5.41) is 7.89. The van der Waals surface area contributed by atoms with Gasteiger partial charge < -0.3 is 0 Å². The van der Waals surface area contributed by atoms with Crippen LogP contribution in [0.1, 0.15) is 0 Å². The molecular formula is C11H8N4. The van der Waals surface area contributed by atoms with E-state index in [1.54, 1.807) is 12.5 Å². The first-order chi connectivity index (χ1) is 7.45. The van der Waals surface area contributed by atoms with Crippen LogP contribution in [-0.4, -0.2) is 19.7 Å². The number of fused-ring (bicyclic) bond motifs is 1. The van der Waals surface area contributed by atoms with Crippen molar-refractivity contribution in [2.24, 2.45) is 0 Å². The SMILES string of the molecule is c1cnnc(-n2cnc3ccccc32)c1.